The second-order valence-electron chi connectivity index (χ2n) is 4.41. The summed E-state index contributed by atoms with van der Waals surface area (Å²) in [6.07, 6.45) is 0.0227. The molecule has 0 heterocycles. The molecular formula is C13H17NO4. The molecule has 0 aliphatic heterocycles. The van der Waals surface area contributed by atoms with E-state index in [1.165, 1.54) is 12.1 Å². The number of carbonyl (C=O) groups is 2. The van der Waals surface area contributed by atoms with Gasteiger partial charge >= 0.3 is 5.97 Å². The van der Waals surface area contributed by atoms with E-state index in [0.717, 1.165) is 0 Å². The summed E-state index contributed by atoms with van der Waals surface area (Å²) >= 11 is 0. The van der Waals surface area contributed by atoms with Gasteiger partial charge in [0.05, 0.1) is 0 Å². The first-order valence-electron chi connectivity index (χ1n) is 5.69. The van der Waals surface area contributed by atoms with Crippen molar-refractivity contribution in [3.05, 3.63) is 29.3 Å². The number of phenols is 1. The number of amides is 1. The summed E-state index contributed by atoms with van der Waals surface area (Å²) in [6, 6.07) is 4.50. The van der Waals surface area contributed by atoms with Gasteiger partial charge in [0.2, 0.25) is 0 Å². The molecule has 1 aromatic carbocycles. The molecule has 0 saturated carbocycles. The van der Waals surface area contributed by atoms with Crippen LogP contribution >= 0.6 is 0 Å². The summed E-state index contributed by atoms with van der Waals surface area (Å²) in [5.74, 6) is -1.14. The van der Waals surface area contributed by atoms with Crippen LogP contribution in [-0.2, 0) is 4.79 Å². The van der Waals surface area contributed by atoms with Crippen LogP contribution < -0.4 is 5.32 Å². The van der Waals surface area contributed by atoms with Crippen LogP contribution in [0.4, 0.5) is 0 Å². The van der Waals surface area contributed by atoms with E-state index in [2.05, 4.69) is 5.32 Å². The largest absolute Gasteiger partial charge is 0.508 e. The Bertz CT molecular complexity index is 456. The van der Waals surface area contributed by atoms with Gasteiger partial charge in [0.25, 0.3) is 5.91 Å². The van der Waals surface area contributed by atoms with Crippen molar-refractivity contribution in [2.75, 3.05) is 6.54 Å². The minimum Gasteiger partial charge on any atom is -0.508 e. The molecule has 98 valence electrons. The maximum atomic E-state index is 11.8. The zero-order valence-corrected chi connectivity index (χ0v) is 10.4. The summed E-state index contributed by atoms with van der Waals surface area (Å²) in [5.41, 5.74) is 1.16. The van der Waals surface area contributed by atoms with E-state index in [0.29, 0.717) is 17.7 Å². The van der Waals surface area contributed by atoms with Crippen LogP contribution in [0.25, 0.3) is 0 Å². The van der Waals surface area contributed by atoms with Gasteiger partial charge in [0.15, 0.2) is 0 Å². The van der Waals surface area contributed by atoms with Gasteiger partial charge < -0.3 is 15.5 Å². The third-order valence-electron chi connectivity index (χ3n) is 2.59. The quantitative estimate of drug-likeness (QED) is 0.740. The second kappa shape index (κ2) is 6.05. The molecular weight excluding hydrogens is 234 g/mol. The van der Waals surface area contributed by atoms with Crippen LogP contribution in [-0.4, -0.2) is 28.6 Å². The second-order valence-corrected chi connectivity index (χ2v) is 4.41. The summed E-state index contributed by atoms with van der Waals surface area (Å²) < 4.78 is 0. The number of aliphatic carboxylic acids is 1. The Labute approximate surface area is 105 Å². The third-order valence-corrected chi connectivity index (χ3v) is 2.59. The van der Waals surface area contributed by atoms with Gasteiger partial charge in [-0.25, -0.2) is 0 Å². The molecule has 0 spiro atoms. The Morgan fingerprint density at radius 1 is 1.39 bits per heavy atom. The van der Waals surface area contributed by atoms with Crippen LogP contribution in [0.3, 0.4) is 0 Å². The van der Waals surface area contributed by atoms with E-state index in [1.807, 2.05) is 0 Å². The fourth-order valence-electron chi connectivity index (χ4n) is 1.64. The highest BCUT2D eigenvalue weighted by Crippen LogP contribution is 2.15. The highest BCUT2D eigenvalue weighted by atomic mass is 16.4. The lowest BCUT2D eigenvalue weighted by Gasteiger charge is -2.11. The molecule has 3 N–H and O–H groups in total. The minimum absolute atomic E-state index is 0.0227. The molecule has 1 aromatic rings. The number of aromatic hydroxyl groups is 1. The molecule has 1 rings (SSSR count). The SMILES string of the molecule is Cc1cc(O)ccc1C(=O)NCC(C)CC(=O)O. The third kappa shape index (κ3) is 4.08. The molecule has 5 nitrogen and oxygen atoms in total. The highest BCUT2D eigenvalue weighted by Gasteiger charge is 2.12. The Morgan fingerprint density at radius 2 is 2.06 bits per heavy atom. The molecule has 0 aliphatic carbocycles. The lowest BCUT2D eigenvalue weighted by atomic mass is 10.1. The number of nitrogens with one attached hydrogen (secondary N) is 1. The first kappa shape index (κ1) is 14.0. The molecule has 0 aliphatic rings. The maximum Gasteiger partial charge on any atom is 0.303 e. The molecule has 0 bridgehead atoms. The Morgan fingerprint density at radius 3 is 2.61 bits per heavy atom. The monoisotopic (exact) mass is 251 g/mol. The first-order valence-corrected chi connectivity index (χ1v) is 5.69. The zero-order chi connectivity index (χ0) is 13.7. The average Bonchev–Trinajstić information content (AvgIpc) is 2.25. The number of hydrogen-bond acceptors (Lipinski definition) is 3. The van der Waals surface area contributed by atoms with E-state index in [-0.39, 0.29) is 24.0 Å². The number of phenolic OH excluding ortho intramolecular Hbond substituents is 1. The van der Waals surface area contributed by atoms with Crippen LogP contribution in [0.15, 0.2) is 18.2 Å². The van der Waals surface area contributed by atoms with Crippen LogP contribution in [0.2, 0.25) is 0 Å². The molecule has 0 aromatic heterocycles. The number of hydrogen-bond donors (Lipinski definition) is 3. The number of aryl methyl sites for hydroxylation is 1. The Hall–Kier alpha value is -2.04. The molecule has 18 heavy (non-hydrogen) atoms. The smallest absolute Gasteiger partial charge is 0.303 e. The maximum absolute atomic E-state index is 11.8. The van der Waals surface area contributed by atoms with Crippen LogP contribution in [0, 0.1) is 12.8 Å². The number of carboxylic acid groups (broad SMARTS) is 1. The molecule has 5 heteroatoms. The lowest BCUT2D eigenvalue weighted by molar-refractivity contribution is -0.137. The molecule has 1 atom stereocenters. The van der Waals surface area contributed by atoms with Gasteiger partial charge in [0, 0.05) is 18.5 Å². The Kier molecular flexibility index (Phi) is 4.71. The fourth-order valence-corrected chi connectivity index (χ4v) is 1.64. The van der Waals surface area contributed by atoms with E-state index in [9.17, 15) is 14.7 Å². The average molecular weight is 251 g/mol. The van der Waals surface area contributed by atoms with Crippen molar-refractivity contribution in [1.29, 1.82) is 0 Å². The minimum atomic E-state index is -0.877. The van der Waals surface area contributed by atoms with Gasteiger partial charge in [0.1, 0.15) is 5.75 Å². The van der Waals surface area contributed by atoms with Crippen molar-refractivity contribution in [2.45, 2.75) is 20.3 Å². The molecule has 0 saturated heterocycles. The fraction of sp³-hybridized carbons (Fsp3) is 0.385. The number of carbonyl (C=O) groups excluding carboxylic acids is 1. The van der Waals surface area contributed by atoms with Gasteiger partial charge in [-0.1, -0.05) is 6.92 Å². The molecule has 0 fully saturated rings. The van der Waals surface area contributed by atoms with Gasteiger partial charge in [-0.3, -0.25) is 9.59 Å². The van der Waals surface area contributed by atoms with E-state index in [1.54, 1.807) is 19.9 Å². The van der Waals surface area contributed by atoms with Gasteiger partial charge in [-0.15, -0.1) is 0 Å². The van der Waals surface area contributed by atoms with Crippen molar-refractivity contribution in [3.8, 4) is 5.75 Å². The van der Waals surface area contributed by atoms with E-state index in [4.69, 9.17) is 5.11 Å². The Balaban J connectivity index is 2.58. The van der Waals surface area contributed by atoms with Crippen molar-refractivity contribution in [3.63, 3.8) is 0 Å². The molecule has 1 amide bonds. The van der Waals surface area contributed by atoms with Gasteiger partial charge in [-0.2, -0.15) is 0 Å². The van der Waals surface area contributed by atoms with Crippen molar-refractivity contribution in [1.82, 2.24) is 5.32 Å². The predicted molar refractivity (Wildman–Crippen MR) is 66.6 cm³/mol. The standard InChI is InChI=1S/C13H17NO4/c1-8(5-12(16)17)7-14-13(18)11-4-3-10(15)6-9(11)2/h3-4,6,8,15H,5,7H2,1-2H3,(H,14,18)(H,16,17). The summed E-state index contributed by atoms with van der Waals surface area (Å²) in [6.45, 7) is 3.80. The van der Waals surface area contributed by atoms with Crippen molar-refractivity contribution >= 4 is 11.9 Å². The van der Waals surface area contributed by atoms with Crippen LogP contribution in [0.5, 0.6) is 5.75 Å². The first-order chi connectivity index (χ1) is 8.40. The zero-order valence-electron chi connectivity index (χ0n) is 10.4. The lowest BCUT2D eigenvalue weighted by Crippen LogP contribution is -2.29. The number of benzene rings is 1. The van der Waals surface area contributed by atoms with E-state index < -0.39 is 5.97 Å². The van der Waals surface area contributed by atoms with Crippen molar-refractivity contribution in [2.24, 2.45) is 5.92 Å². The van der Waals surface area contributed by atoms with Gasteiger partial charge in [-0.05, 0) is 36.6 Å². The number of rotatable bonds is 5. The summed E-state index contributed by atoms with van der Waals surface area (Å²) in [5, 5.41) is 20.5. The molecule has 1 unspecified atom stereocenters. The number of carboxylic acids is 1. The van der Waals surface area contributed by atoms with Crippen molar-refractivity contribution < 1.29 is 19.8 Å². The topological polar surface area (TPSA) is 86.6 Å². The normalized spacial score (nSPS) is 11.9. The summed E-state index contributed by atoms with van der Waals surface area (Å²) in [7, 11) is 0. The van der Waals surface area contributed by atoms with Crippen LogP contribution in [0.1, 0.15) is 29.3 Å². The summed E-state index contributed by atoms with van der Waals surface area (Å²) in [4.78, 5) is 22.3. The highest BCUT2D eigenvalue weighted by molar-refractivity contribution is 5.95. The van der Waals surface area contributed by atoms with E-state index >= 15 is 0 Å². The predicted octanol–water partition coefficient (Wildman–Crippen LogP) is 1.54. The molecule has 0 radical (unpaired) electrons.